The van der Waals surface area contributed by atoms with Gasteiger partial charge in [0.15, 0.2) is 5.11 Å². The van der Waals surface area contributed by atoms with E-state index < -0.39 is 10.0 Å². The second kappa shape index (κ2) is 7.40. The fraction of sp³-hybridized carbons (Fsp3) is 0.133. The zero-order chi connectivity index (χ0) is 16.9. The van der Waals surface area contributed by atoms with Gasteiger partial charge in [0.05, 0.1) is 12.0 Å². The Balaban J connectivity index is 2.03. The van der Waals surface area contributed by atoms with Crippen molar-refractivity contribution in [3.05, 3.63) is 48.5 Å². The van der Waals surface area contributed by atoms with Crippen LogP contribution in [0.4, 0.5) is 11.4 Å². The molecule has 0 unspecified atom stereocenters. The number of rotatable bonds is 5. The molecule has 0 fully saturated rings. The van der Waals surface area contributed by atoms with Gasteiger partial charge >= 0.3 is 0 Å². The molecule has 0 spiro atoms. The van der Waals surface area contributed by atoms with Gasteiger partial charge in [-0.2, -0.15) is 0 Å². The van der Waals surface area contributed by atoms with Crippen molar-refractivity contribution in [2.45, 2.75) is 4.90 Å². The SMILES string of the molecule is CNS(=O)(=O)c1ccc(NC(=S)Nc2cccc(OC)c2)cc1. The quantitative estimate of drug-likeness (QED) is 0.718. The third kappa shape index (κ3) is 4.65. The summed E-state index contributed by atoms with van der Waals surface area (Å²) in [5.74, 6) is 0.722. The van der Waals surface area contributed by atoms with Crippen LogP contribution in [-0.2, 0) is 10.0 Å². The molecule has 0 aliphatic rings. The molecule has 2 rings (SSSR count). The molecule has 0 atom stereocenters. The standard InChI is InChI=1S/C15H17N3O3S2/c1-16-23(19,20)14-8-6-11(7-9-14)17-15(22)18-12-4-3-5-13(10-12)21-2/h3-10,16H,1-2H3,(H2,17,18,22). The predicted molar refractivity (Wildman–Crippen MR) is 95.5 cm³/mol. The van der Waals surface area contributed by atoms with Gasteiger partial charge in [-0.3, -0.25) is 0 Å². The second-order valence-corrected chi connectivity index (χ2v) is 6.84. The zero-order valence-corrected chi connectivity index (χ0v) is 14.3. The maximum absolute atomic E-state index is 11.7. The van der Waals surface area contributed by atoms with Gasteiger partial charge in [0.2, 0.25) is 10.0 Å². The van der Waals surface area contributed by atoms with E-state index in [1.165, 1.54) is 19.2 Å². The van der Waals surface area contributed by atoms with Crippen LogP contribution in [0.2, 0.25) is 0 Å². The average molecular weight is 351 g/mol. The summed E-state index contributed by atoms with van der Waals surface area (Å²) in [5.41, 5.74) is 1.47. The minimum absolute atomic E-state index is 0.192. The lowest BCUT2D eigenvalue weighted by molar-refractivity contribution is 0.415. The molecule has 3 N–H and O–H groups in total. The molecule has 0 bridgehead atoms. The van der Waals surface area contributed by atoms with Gasteiger partial charge in [0.25, 0.3) is 0 Å². The number of anilines is 2. The second-order valence-electron chi connectivity index (χ2n) is 4.54. The number of sulfonamides is 1. The Morgan fingerprint density at radius 1 is 1.04 bits per heavy atom. The first kappa shape index (κ1) is 17.2. The summed E-state index contributed by atoms with van der Waals surface area (Å²) >= 11 is 5.23. The van der Waals surface area contributed by atoms with Crippen molar-refractivity contribution in [2.75, 3.05) is 24.8 Å². The van der Waals surface area contributed by atoms with E-state index >= 15 is 0 Å². The van der Waals surface area contributed by atoms with Crippen LogP contribution < -0.4 is 20.1 Å². The van der Waals surface area contributed by atoms with Crippen molar-refractivity contribution >= 4 is 38.7 Å². The summed E-state index contributed by atoms with van der Waals surface area (Å²) in [6, 6.07) is 13.7. The van der Waals surface area contributed by atoms with Gasteiger partial charge in [-0.15, -0.1) is 0 Å². The van der Waals surface area contributed by atoms with Gasteiger partial charge in [-0.25, -0.2) is 13.1 Å². The number of methoxy groups -OCH3 is 1. The smallest absolute Gasteiger partial charge is 0.240 e. The summed E-state index contributed by atoms with van der Waals surface area (Å²) in [6.07, 6.45) is 0. The van der Waals surface area contributed by atoms with Crippen LogP contribution in [-0.4, -0.2) is 27.7 Å². The maximum atomic E-state index is 11.7. The first-order valence-corrected chi connectivity index (χ1v) is 8.59. The van der Waals surface area contributed by atoms with Crippen molar-refractivity contribution in [2.24, 2.45) is 0 Å². The first-order valence-electron chi connectivity index (χ1n) is 6.70. The number of ether oxygens (including phenoxy) is 1. The number of thiocarbonyl (C=S) groups is 1. The summed E-state index contributed by atoms with van der Waals surface area (Å²) < 4.78 is 30.7. The number of hydrogen-bond donors (Lipinski definition) is 3. The van der Waals surface area contributed by atoms with Gasteiger partial charge in [-0.05, 0) is 55.7 Å². The Labute approximate surface area is 140 Å². The van der Waals surface area contributed by atoms with Gasteiger partial charge in [0.1, 0.15) is 5.75 Å². The molecular formula is C15H17N3O3S2. The van der Waals surface area contributed by atoms with Crippen LogP contribution in [0.5, 0.6) is 5.75 Å². The first-order chi connectivity index (χ1) is 10.9. The van der Waals surface area contributed by atoms with Crippen LogP contribution in [0.15, 0.2) is 53.4 Å². The highest BCUT2D eigenvalue weighted by molar-refractivity contribution is 7.89. The van der Waals surface area contributed by atoms with Crippen molar-refractivity contribution in [1.82, 2.24) is 4.72 Å². The van der Waals surface area contributed by atoms with E-state index in [9.17, 15) is 8.42 Å². The van der Waals surface area contributed by atoms with E-state index in [1.807, 2.05) is 24.3 Å². The third-order valence-corrected chi connectivity index (χ3v) is 4.65. The Morgan fingerprint density at radius 2 is 1.70 bits per heavy atom. The maximum Gasteiger partial charge on any atom is 0.240 e. The average Bonchev–Trinajstić information content (AvgIpc) is 2.55. The highest BCUT2D eigenvalue weighted by Crippen LogP contribution is 2.18. The van der Waals surface area contributed by atoms with E-state index in [4.69, 9.17) is 17.0 Å². The monoisotopic (exact) mass is 351 g/mol. The van der Waals surface area contributed by atoms with Crippen LogP contribution >= 0.6 is 12.2 Å². The van der Waals surface area contributed by atoms with Crippen LogP contribution in [0.3, 0.4) is 0 Å². The fourth-order valence-electron chi connectivity index (χ4n) is 1.83. The van der Waals surface area contributed by atoms with Crippen molar-refractivity contribution in [3.63, 3.8) is 0 Å². The number of nitrogens with one attached hydrogen (secondary N) is 3. The molecule has 0 heterocycles. The summed E-state index contributed by atoms with van der Waals surface area (Å²) in [6.45, 7) is 0. The molecule has 23 heavy (non-hydrogen) atoms. The minimum atomic E-state index is -3.44. The topological polar surface area (TPSA) is 79.5 Å². The van der Waals surface area contributed by atoms with Gasteiger partial charge < -0.3 is 15.4 Å². The Morgan fingerprint density at radius 3 is 2.30 bits per heavy atom. The van der Waals surface area contributed by atoms with Crippen molar-refractivity contribution < 1.29 is 13.2 Å². The van der Waals surface area contributed by atoms with E-state index in [-0.39, 0.29) is 4.90 Å². The predicted octanol–water partition coefficient (Wildman–Crippen LogP) is 2.41. The molecule has 6 nitrogen and oxygen atoms in total. The van der Waals surface area contributed by atoms with Gasteiger partial charge in [0, 0.05) is 17.4 Å². The van der Waals surface area contributed by atoms with E-state index in [0.29, 0.717) is 10.8 Å². The van der Waals surface area contributed by atoms with Crippen molar-refractivity contribution in [1.29, 1.82) is 0 Å². The fourth-order valence-corrected chi connectivity index (χ4v) is 2.80. The summed E-state index contributed by atoms with van der Waals surface area (Å²) in [4.78, 5) is 0.192. The van der Waals surface area contributed by atoms with Crippen LogP contribution in [0.25, 0.3) is 0 Å². The number of hydrogen-bond acceptors (Lipinski definition) is 4. The summed E-state index contributed by atoms with van der Waals surface area (Å²) in [5, 5.41) is 6.41. The van der Waals surface area contributed by atoms with Crippen LogP contribution in [0.1, 0.15) is 0 Å². The molecule has 0 aliphatic carbocycles. The van der Waals surface area contributed by atoms with Crippen molar-refractivity contribution in [3.8, 4) is 5.75 Å². The molecule has 2 aromatic rings. The lowest BCUT2D eigenvalue weighted by atomic mass is 10.3. The lowest BCUT2D eigenvalue weighted by Gasteiger charge is -2.12. The summed E-state index contributed by atoms with van der Waals surface area (Å²) in [7, 11) is -0.476. The minimum Gasteiger partial charge on any atom is -0.497 e. The molecule has 0 aromatic heterocycles. The van der Waals surface area contributed by atoms with Crippen LogP contribution in [0, 0.1) is 0 Å². The van der Waals surface area contributed by atoms with E-state index in [2.05, 4.69) is 15.4 Å². The van der Waals surface area contributed by atoms with E-state index in [0.717, 1.165) is 11.4 Å². The van der Waals surface area contributed by atoms with E-state index in [1.54, 1.807) is 19.2 Å². The normalized spacial score (nSPS) is 10.9. The molecule has 8 heteroatoms. The molecule has 0 saturated carbocycles. The van der Waals surface area contributed by atoms with Gasteiger partial charge in [-0.1, -0.05) is 6.07 Å². The lowest BCUT2D eigenvalue weighted by Crippen LogP contribution is -2.20. The largest absolute Gasteiger partial charge is 0.497 e. The Hall–Kier alpha value is -2.16. The Kier molecular flexibility index (Phi) is 5.54. The highest BCUT2D eigenvalue weighted by atomic mass is 32.2. The molecule has 122 valence electrons. The molecule has 0 saturated heterocycles. The molecule has 2 aromatic carbocycles. The highest BCUT2D eigenvalue weighted by Gasteiger charge is 2.10. The Bertz CT molecular complexity index is 790. The molecule has 0 amide bonds. The molecular weight excluding hydrogens is 334 g/mol. The zero-order valence-electron chi connectivity index (χ0n) is 12.7. The molecule has 0 aliphatic heterocycles. The number of benzene rings is 2. The molecule has 0 radical (unpaired) electrons. The third-order valence-electron chi connectivity index (χ3n) is 3.02.